The zero-order chi connectivity index (χ0) is 32.4. The molecule has 1 N–H and O–H groups in total. The highest BCUT2D eigenvalue weighted by atomic mass is 32.2. The fourth-order valence-electron chi connectivity index (χ4n) is 5.73. The highest BCUT2D eigenvalue weighted by Crippen LogP contribution is 2.41. The molecule has 8 nitrogen and oxygen atoms in total. The highest BCUT2D eigenvalue weighted by molar-refractivity contribution is 7.90. The van der Waals surface area contributed by atoms with Crippen molar-refractivity contribution in [3.8, 4) is 28.0 Å². The number of pyridine rings is 2. The molecule has 0 saturated carbocycles. The maximum atomic E-state index is 13.2. The molecule has 0 aliphatic heterocycles. The van der Waals surface area contributed by atoms with E-state index in [2.05, 4.69) is 22.1 Å². The van der Waals surface area contributed by atoms with Crippen LogP contribution in [0.1, 0.15) is 5.56 Å². The van der Waals surface area contributed by atoms with E-state index in [0.717, 1.165) is 44.2 Å². The van der Waals surface area contributed by atoms with Gasteiger partial charge in [-0.15, -0.1) is 0 Å². The molecule has 0 saturated heterocycles. The topological polar surface area (TPSA) is 105 Å². The number of sulfone groups is 1. The summed E-state index contributed by atoms with van der Waals surface area (Å²) in [5, 5.41) is 1.80. The van der Waals surface area contributed by atoms with E-state index < -0.39 is 9.84 Å². The summed E-state index contributed by atoms with van der Waals surface area (Å²) in [5.41, 5.74) is 6.80. The Morgan fingerprint density at radius 2 is 1.57 bits per heavy atom. The molecule has 0 aliphatic carbocycles. The van der Waals surface area contributed by atoms with Gasteiger partial charge in [0.05, 0.1) is 16.8 Å². The van der Waals surface area contributed by atoms with E-state index >= 15 is 0 Å². The number of nitrogens with one attached hydrogen (secondary N) is 1. The molecule has 3 heterocycles. The first kappa shape index (κ1) is 29.9. The van der Waals surface area contributed by atoms with Gasteiger partial charge in [0, 0.05) is 52.5 Å². The molecule has 0 radical (unpaired) electrons. The highest BCUT2D eigenvalue weighted by Gasteiger charge is 2.20. The summed E-state index contributed by atoms with van der Waals surface area (Å²) in [7, 11) is -1.81. The molecule has 0 spiro atoms. The van der Waals surface area contributed by atoms with Crippen LogP contribution in [0.25, 0.3) is 44.2 Å². The van der Waals surface area contributed by atoms with Gasteiger partial charge in [0.2, 0.25) is 0 Å². The third kappa shape index (κ3) is 6.08. The minimum atomic E-state index is -3.53. The van der Waals surface area contributed by atoms with Crippen LogP contribution in [0.4, 0.5) is 5.69 Å². The number of rotatable bonds is 9. The van der Waals surface area contributed by atoms with Crippen molar-refractivity contribution in [3.05, 3.63) is 139 Å². The van der Waals surface area contributed by atoms with Crippen LogP contribution in [0.2, 0.25) is 0 Å². The van der Waals surface area contributed by atoms with Crippen molar-refractivity contribution in [2.45, 2.75) is 10.6 Å². The molecular weight excluding hydrogens is 609 g/mol. The number of H-pyrrole nitrogens is 1. The van der Waals surface area contributed by atoms with Gasteiger partial charge in [-0.3, -0.25) is 9.78 Å². The molecule has 0 aliphatic rings. The zero-order valence-electron chi connectivity index (χ0n) is 25.5. The number of aromatic nitrogens is 3. The van der Waals surface area contributed by atoms with Crippen molar-refractivity contribution < 1.29 is 17.9 Å². The molecule has 0 atom stereocenters. The van der Waals surface area contributed by atoms with Crippen LogP contribution in [0.15, 0.2) is 139 Å². The van der Waals surface area contributed by atoms with Crippen molar-refractivity contribution in [1.29, 1.82) is 0 Å². The van der Waals surface area contributed by atoms with Gasteiger partial charge in [0.15, 0.2) is 16.4 Å². The molecule has 1 amide bonds. The lowest BCUT2D eigenvalue weighted by Crippen LogP contribution is -2.31. The Kier molecular flexibility index (Phi) is 7.97. The second kappa shape index (κ2) is 12.5. The molecule has 0 bridgehead atoms. The SMILES string of the molecule is CN(C(=O)COc1cccnc1)c1ccc(-c2cnc3[nH]c4ccc(CS(=O)(=O)c5ccccc5)cc4c3c2-c2ccccc2)cc1. The third-order valence-corrected chi connectivity index (χ3v) is 9.85. The Balaban J connectivity index is 1.26. The molecule has 232 valence electrons. The van der Waals surface area contributed by atoms with E-state index in [0.29, 0.717) is 21.9 Å². The number of benzene rings is 4. The third-order valence-electron chi connectivity index (χ3n) is 8.14. The van der Waals surface area contributed by atoms with Crippen molar-refractivity contribution >= 4 is 43.4 Å². The second-order valence-electron chi connectivity index (χ2n) is 11.2. The summed E-state index contributed by atoms with van der Waals surface area (Å²) >= 11 is 0. The fourth-order valence-corrected chi connectivity index (χ4v) is 7.09. The van der Waals surface area contributed by atoms with Gasteiger partial charge in [-0.2, -0.15) is 0 Å². The van der Waals surface area contributed by atoms with Gasteiger partial charge >= 0.3 is 0 Å². The van der Waals surface area contributed by atoms with Crippen molar-refractivity contribution in [1.82, 2.24) is 15.0 Å². The minimum absolute atomic E-state index is 0.113. The van der Waals surface area contributed by atoms with Crippen molar-refractivity contribution in [2.75, 3.05) is 18.6 Å². The summed E-state index contributed by atoms with van der Waals surface area (Å²) in [5.74, 6) is 0.218. The maximum absolute atomic E-state index is 13.2. The number of likely N-dealkylation sites (N-methyl/N-ethyl adjacent to an activating group) is 1. The lowest BCUT2D eigenvalue weighted by Gasteiger charge is -2.18. The standard InChI is InChI=1S/C38H30N4O4S/c1-42(35(43)24-46-30-11-8-20-39-22-30)29-17-15-27(16-18-29)33-23-40-38-37(36(33)28-9-4-2-5-10-28)32-21-26(14-19-34(32)41-38)25-47(44,45)31-12-6-3-7-13-31/h2-23H,24-25H2,1H3,(H,40,41). The molecule has 3 aromatic heterocycles. The number of hydrogen-bond acceptors (Lipinski definition) is 6. The summed E-state index contributed by atoms with van der Waals surface area (Å²) in [4.78, 5) is 27.0. The Morgan fingerprint density at radius 1 is 0.830 bits per heavy atom. The Hall–Kier alpha value is -5.80. The molecule has 7 aromatic rings. The number of ether oxygens (including phenoxy) is 1. The molecule has 4 aromatic carbocycles. The maximum Gasteiger partial charge on any atom is 0.264 e. The first-order chi connectivity index (χ1) is 22.9. The fraction of sp³-hybridized carbons (Fsp3) is 0.0789. The first-order valence-electron chi connectivity index (χ1n) is 15.0. The number of anilines is 1. The number of hydrogen-bond donors (Lipinski definition) is 1. The van der Waals surface area contributed by atoms with E-state index in [1.807, 2.05) is 66.9 Å². The predicted molar refractivity (Wildman–Crippen MR) is 185 cm³/mol. The first-order valence-corrected chi connectivity index (χ1v) is 16.7. The molecule has 0 fully saturated rings. The summed E-state index contributed by atoms with van der Waals surface area (Å²) in [6, 6.07) is 35.6. The lowest BCUT2D eigenvalue weighted by atomic mass is 9.92. The minimum Gasteiger partial charge on any atom is -0.482 e. The van der Waals surface area contributed by atoms with E-state index in [-0.39, 0.29) is 18.3 Å². The molecule has 47 heavy (non-hydrogen) atoms. The van der Waals surface area contributed by atoms with E-state index in [1.54, 1.807) is 66.8 Å². The molecule has 0 unspecified atom stereocenters. The Bertz CT molecular complexity index is 2310. The van der Waals surface area contributed by atoms with E-state index in [4.69, 9.17) is 9.72 Å². The largest absolute Gasteiger partial charge is 0.482 e. The van der Waals surface area contributed by atoms with Crippen molar-refractivity contribution in [2.24, 2.45) is 0 Å². The van der Waals surface area contributed by atoms with Gasteiger partial charge in [-0.05, 0) is 65.2 Å². The van der Waals surface area contributed by atoms with Crippen LogP contribution in [0.3, 0.4) is 0 Å². The van der Waals surface area contributed by atoms with Gasteiger partial charge in [0.1, 0.15) is 11.4 Å². The van der Waals surface area contributed by atoms with Gasteiger partial charge < -0.3 is 14.6 Å². The average molecular weight is 639 g/mol. The quantitative estimate of drug-likeness (QED) is 0.176. The van der Waals surface area contributed by atoms with Gasteiger partial charge in [-0.1, -0.05) is 66.7 Å². The number of nitrogens with zero attached hydrogens (tertiary/aromatic N) is 3. The summed E-state index contributed by atoms with van der Waals surface area (Å²) < 4.78 is 32.1. The number of carbonyl (C=O) groups excluding carboxylic acids is 1. The van der Waals surface area contributed by atoms with Gasteiger partial charge in [0.25, 0.3) is 5.91 Å². The summed E-state index contributed by atoms with van der Waals surface area (Å²) in [6.45, 7) is -0.113. The second-order valence-corrected chi connectivity index (χ2v) is 13.2. The number of fused-ring (bicyclic) bond motifs is 3. The molecule has 9 heteroatoms. The van der Waals surface area contributed by atoms with Crippen LogP contribution >= 0.6 is 0 Å². The summed E-state index contributed by atoms with van der Waals surface area (Å²) in [6.07, 6.45) is 5.07. The average Bonchev–Trinajstić information content (AvgIpc) is 3.49. The zero-order valence-corrected chi connectivity index (χ0v) is 26.3. The van der Waals surface area contributed by atoms with E-state index in [9.17, 15) is 13.2 Å². The lowest BCUT2D eigenvalue weighted by molar-refractivity contribution is -0.120. The Labute approximate surface area is 272 Å². The van der Waals surface area contributed by atoms with Crippen LogP contribution in [0.5, 0.6) is 5.75 Å². The predicted octanol–water partition coefficient (Wildman–Crippen LogP) is 7.46. The Morgan fingerprint density at radius 3 is 2.30 bits per heavy atom. The van der Waals surface area contributed by atoms with Crippen molar-refractivity contribution in [3.63, 3.8) is 0 Å². The molecule has 7 rings (SSSR count). The van der Waals surface area contributed by atoms with E-state index in [1.165, 1.54) is 0 Å². The smallest absolute Gasteiger partial charge is 0.264 e. The van der Waals surface area contributed by atoms with Crippen LogP contribution in [-0.4, -0.2) is 42.9 Å². The normalized spacial score (nSPS) is 11.5. The number of aromatic amines is 1. The van der Waals surface area contributed by atoms with Crippen LogP contribution < -0.4 is 9.64 Å². The molecular formula is C38H30N4O4S. The van der Waals surface area contributed by atoms with Crippen LogP contribution in [-0.2, 0) is 20.4 Å². The monoisotopic (exact) mass is 638 g/mol. The number of amides is 1. The van der Waals surface area contributed by atoms with Crippen LogP contribution in [0, 0.1) is 0 Å². The van der Waals surface area contributed by atoms with Gasteiger partial charge in [-0.25, -0.2) is 13.4 Å². The number of carbonyl (C=O) groups is 1.